The Kier molecular flexibility index (Phi) is 6.45. The summed E-state index contributed by atoms with van der Waals surface area (Å²) in [7, 11) is 0. The van der Waals surface area contributed by atoms with Crippen LogP contribution in [0.25, 0.3) is 11.1 Å². The van der Waals surface area contributed by atoms with Gasteiger partial charge in [-0.15, -0.1) is 0 Å². The summed E-state index contributed by atoms with van der Waals surface area (Å²) in [5.41, 5.74) is -0.454. The van der Waals surface area contributed by atoms with Crippen LogP contribution in [0.1, 0.15) is 36.3 Å². The lowest BCUT2D eigenvalue weighted by Gasteiger charge is -2.19. The van der Waals surface area contributed by atoms with Crippen molar-refractivity contribution >= 4 is 17.6 Å². The molecule has 0 aromatic heterocycles. The van der Waals surface area contributed by atoms with E-state index in [1.54, 1.807) is 0 Å². The van der Waals surface area contributed by atoms with Gasteiger partial charge >= 0.3 is 18.3 Å². The number of carbonyl (C=O) groups is 1. The Morgan fingerprint density at radius 2 is 1.71 bits per heavy atom. The quantitative estimate of drug-likeness (QED) is 0.450. The highest BCUT2D eigenvalue weighted by Gasteiger charge is 2.33. The molecule has 2 aromatic rings. The first-order valence-electron chi connectivity index (χ1n) is 9.28. The highest BCUT2D eigenvalue weighted by Crippen LogP contribution is 2.44. The zero-order chi connectivity index (χ0) is 23.0. The molecule has 0 bridgehead atoms. The standard InChI is InChI=1S/C21H17ClF6O3/c22-18-15(12-3-5-14(6-4-12)21(26,27)28)8-13(9-17(18)31-10-20(23,24)25)16(19(29)30)7-11-1-2-11/h3-6,8-9,11,16H,1-2,7,10H2,(H,29,30)/t16-/m1/s1. The molecule has 1 saturated carbocycles. The van der Waals surface area contributed by atoms with Gasteiger partial charge in [-0.3, -0.25) is 4.79 Å². The molecule has 1 aliphatic carbocycles. The van der Waals surface area contributed by atoms with E-state index in [1.165, 1.54) is 6.07 Å². The van der Waals surface area contributed by atoms with Gasteiger partial charge in [-0.25, -0.2) is 0 Å². The first-order valence-corrected chi connectivity index (χ1v) is 9.66. The zero-order valence-electron chi connectivity index (χ0n) is 15.9. The molecule has 3 rings (SSSR count). The van der Waals surface area contributed by atoms with Gasteiger partial charge in [0.15, 0.2) is 6.61 Å². The van der Waals surface area contributed by atoms with Crippen LogP contribution in [0.4, 0.5) is 26.3 Å². The smallest absolute Gasteiger partial charge is 0.422 e. The molecule has 0 amide bonds. The minimum Gasteiger partial charge on any atom is -0.483 e. The van der Waals surface area contributed by atoms with Crippen LogP contribution in [-0.4, -0.2) is 23.9 Å². The molecule has 1 atom stereocenters. The van der Waals surface area contributed by atoms with Crippen molar-refractivity contribution < 1.29 is 41.0 Å². The van der Waals surface area contributed by atoms with Crippen molar-refractivity contribution in [3.05, 3.63) is 52.5 Å². The molecule has 0 aliphatic heterocycles. The normalized spacial score (nSPS) is 15.6. The predicted molar refractivity (Wildman–Crippen MR) is 101 cm³/mol. The van der Waals surface area contributed by atoms with Crippen molar-refractivity contribution in [1.29, 1.82) is 0 Å². The number of hydrogen-bond acceptors (Lipinski definition) is 2. The van der Waals surface area contributed by atoms with Crippen LogP contribution in [0.2, 0.25) is 5.02 Å². The van der Waals surface area contributed by atoms with E-state index < -0.39 is 36.4 Å². The van der Waals surface area contributed by atoms with Gasteiger partial charge in [0.25, 0.3) is 0 Å². The highest BCUT2D eigenvalue weighted by atomic mass is 35.5. The van der Waals surface area contributed by atoms with Crippen LogP contribution >= 0.6 is 11.6 Å². The number of aliphatic carboxylic acids is 1. The fraction of sp³-hybridized carbons (Fsp3) is 0.381. The predicted octanol–water partition coefficient (Wildman–Crippen LogP) is 6.94. The summed E-state index contributed by atoms with van der Waals surface area (Å²) in [6.07, 6.45) is -7.21. The Morgan fingerprint density at radius 3 is 2.19 bits per heavy atom. The number of hydrogen-bond donors (Lipinski definition) is 1. The van der Waals surface area contributed by atoms with E-state index >= 15 is 0 Å². The van der Waals surface area contributed by atoms with E-state index in [9.17, 15) is 36.2 Å². The molecule has 1 N–H and O–H groups in total. The third-order valence-corrected chi connectivity index (χ3v) is 5.33. The number of alkyl halides is 6. The van der Waals surface area contributed by atoms with Crippen LogP contribution in [0, 0.1) is 5.92 Å². The minimum atomic E-state index is -4.66. The van der Waals surface area contributed by atoms with Gasteiger partial charge in [0.05, 0.1) is 16.5 Å². The number of halogens is 7. The molecule has 1 fully saturated rings. The van der Waals surface area contributed by atoms with E-state index in [4.69, 9.17) is 16.3 Å². The van der Waals surface area contributed by atoms with Crippen molar-refractivity contribution in [2.75, 3.05) is 6.61 Å². The van der Waals surface area contributed by atoms with Gasteiger partial charge in [-0.2, -0.15) is 26.3 Å². The lowest BCUT2D eigenvalue weighted by molar-refractivity contribution is -0.153. The van der Waals surface area contributed by atoms with Gasteiger partial charge in [-0.05, 0) is 47.7 Å². The number of rotatable bonds is 7. The number of carboxylic acids is 1. The fourth-order valence-electron chi connectivity index (χ4n) is 3.20. The molecule has 31 heavy (non-hydrogen) atoms. The van der Waals surface area contributed by atoms with Gasteiger partial charge < -0.3 is 9.84 Å². The molecular weight excluding hydrogens is 450 g/mol. The monoisotopic (exact) mass is 466 g/mol. The maximum Gasteiger partial charge on any atom is 0.422 e. The van der Waals surface area contributed by atoms with E-state index in [2.05, 4.69) is 0 Å². The molecular formula is C21H17ClF6O3. The van der Waals surface area contributed by atoms with Crippen molar-refractivity contribution in [3.63, 3.8) is 0 Å². The number of ether oxygens (including phenoxy) is 1. The minimum absolute atomic E-state index is 0.0899. The van der Waals surface area contributed by atoms with E-state index in [0.717, 1.165) is 43.2 Å². The van der Waals surface area contributed by atoms with Crippen molar-refractivity contribution in [3.8, 4) is 16.9 Å². The van der Waals surface area contributed by atoms with Crippen molar-refractivity contribution in [2.45, 2.75) is 37.5 Å². The third kappa shape index (κ3) is 6.06. The van der Waals surface area contributed by atoms with Crippen molar-refractivity contribution in [2.24, 2.45) is 5.92 Å². The van der Waals surface area contributed by atoms with Gasteiger partial charge in [0, 0.05) is 5.56 Å². The maximum atomic E-state index is 12.8. The molecule has 2 aromatic carbocycles. The molecule has 1 aliphatic rings. The zero-order valence-corrected chi connectivity index (χ0v) is 16.6. The van der Waals surface area contributed by atoms with Crippen LogP contribution in [0.3, 0.4) is 0 Å². The summed E-state index contributed by atoms with van der Waals surface area (Å²) in [5.74, 6) is -2.35. The first-order chi connectivity index (χ1) is 14.3. The first kappa shape index (κ1) is 23.2. The Labute approximate surface area is 178 Å². The SMILES string of the molecule is O=C(O)[C@H](CC1CC1)c1cc(OCC(F)(F)F)c(Cl)c(-c2ccc(C(F)(F)F)cc2)c1. The van der Waals surface area contributed by atoms with Gasteiger partial charge in [0.2, 0.25) is 0 Å². The third-order valence-electron chi connectivity index (χ3n) is 4.94. The topological polar surface area (TPSA) is 46.5 Å². The summed E-state index contributed by atoms with van der Waals surface area (Å²) >= 11 is 6.21. The molecule has 0 saturated heterocycles. The second-order valence-corrected chi connectivity index (χ2v) is 7.81. The van der Waals surface area contributed by atoms with Gasteiger partial charge in [-0.1, -0.05) is 36.6 Å². The van der Waals surface area contributed by atoms with E-state index in [1.807, 2.05) is 0 Å². The lowest BCUT2D eigenvalue weighted by Crippen LogP contribution is -2.20. The average Bonchev–Trinajstić information content (AvgIpc) is 3.48. The summed E-state index contributed by atoms with van der Waals surface area (Å²) in [6.45, 7) is -1.65. The largest absolute Gasteiger partial charge is 0.483 e. The van der Waals surface area contributed by atoms with Gasteiger partial charge in [0.1, 0.15) is 5.75 Å². The Balaban J connectivity index is 2.06. The summed E-state index contributed by atoms with van der Waals surface area (Å²) in [6, 6.07) is 6.41. The second kappa shape index (κ2) is 8.61. The molecule has 3 nitrogen and oxygen atoms in total. The van der Waals surface area contributed by atoms with Crippen LogP contribution in [0.5, 0.6) is 5.75 Å². The summed E-state index contributed by atoms with van der Waals surface area (Å²) < 4.78 is 81.3. The van der Waals surface area contributed by atoms with Crippen LogP contribution in [-0.2, 0) is 11.0 Å². The number of carboxylic acid groups (broad SMARTS) is 1. The lowest BCUT2D eigenvalue weighted by atomic mass is 9.90. The summed E-state index contributed by atoms with van der Waals surface area (Å²) in [5, 5.41) is 9.38. The van der Waals surface area contributed by atoms with E-state index in [-0.39, 0.29) is 33.4 Å². The Morgan fingerprint density at radius 1 is 1.10 bits per heavy atom. The molecule has 168 valence electrons. The highest BCUT2D eigenvalue weighted by molar-refractivity contribution is 6.34. The second-order valence-electron chi connectivity index (χ2n) is 7.43. The fourth-order valence-corrected chi connectivity index (χ4v) is 3.47. The molecule has 0 unspecified atom stereocenters. The van der Waals surface area contributed by atoms with Crippen molar-refractivity contribution in [1.82, 2.24) is 0 Å². The molecule has 0 radical (unpaired) electrons. The maximum absolute atomic E-state index is 12.8. The van der Waals surface area contributed by atoms with Crippen LogP contribution in [0.15, 0.2) is 36.4 Å². The summed E-state index contributed by atoms with van der Waals surface area (Å²) in [4.78, 5) is 11.8. The molecule has 10 heteroatoms. The van der Waals surface area contributed by atoms with Crippen LogP contribution < -0.4 is 4.74 Å². The average molecular weight is 467 g/mol. The van der Waals surface area contributed by atoms with E-state index in [0.29, 0.717) is 6.42 Å². The molecule has 0 spiro atoms. The molecule has 0 heterocycles. The number of benzene rings is 2. The Bertz CT molecular complexity index is 949. The Hall–Kier alpha value is -2.42.